The van der Waals surface area contributed by atoms with Gasteiger partial charge in [-0.1, -0.05) is 18.3 Å². The van der Waals surface area contributed by atoms with Crippen LogP contribution in [0.4, 0.5) is 10.8 Å². The Morgan fingerprint density at radius 1 is 1.08 bits per heavy atom. The van der Waals surface area contributed by atoms with Crippen LogP contribution < -0.4 is 15.4 Å². The first-order chi connectivity index (χ1) is 12.3. The third-order valence-electron chi connectivity index (χ3n) is 3.09. The lowest BCUT2D eigenvalue weighted by molar-refractivity contribution is -0.114. The summed E-state index contributed by atoms with van der Waals surface area (Å²) in [4.78, 5) is 23.7. The highest BCUT2D eigenvalue weighted by molar-refractivity contribution is 7.92. The van der Waals surface area contributed by atoms with E-state index >= 15 is 0 Å². The second-order valence-electron chi connectivity index (χ2n) is 5.21. The number of sulfone groups is 1. The van der Waals surface area contributed by atoms with Crippen molar-refractivity contribution in [3.8, 4) is 5.75 Å². The van der Waals surface area contributed by atoms with Crippen LogP contribution in [0.5, 0.6) is 5.75 Å². The lowest BCUT2D eigenvalue weighted by Crippen LogP contribution is -2.30. The van der Waals surface area contributed by atoms with Gasteiger partial charge in [-0.25, -0.2) is 8.42 Å². The molecule has 1 aromatic carbocycles. The molecule has 140 valence electrons. The number of aromatic nitrogens is 2. The Labute approximate surface area is 154 Å². The van der Waals surface area contributed by atoms with Crippen molar-refractivity contribution in [2.24, 2.45) is 0 Å². The lowest BCUT2D eigenvalue weighted by atomic mass is 10.3. The third-order valence-corrected chi connectivity index (χ3v) is 5.48. The van der Waals surface area contributed by atoms with E-state index in [9.17, 15) is 18.0 Å². The maximum absolute atomic E-state index is 12.0. The van der Waals surface area contributed by atoms with Gasteiger partial charge in [0.2, 0.25) is 16.9 Å². The van der Waals surface area contributed by atoms with Crippen molar-refractivity contribution in [2.45, 2.75) is 13.3 Å². The standard InChI is InChI=1S/C15H18N4O5S2/c1-3-14-18-19-15(25-14)17-13(21)9-26(22,23)8-12(20)16-10-4-6-11(24-2)7-5-10/h4-7H,3,8-9H2,1-2H3,(H,16,20)(H,17,19,21). The molecule has 26 heavy (non-hydrogen) atoms. The molecule has 9 nitrogen and oxygen atoms in total. The first-order valence-electron chi connectivity index (χ1n) is 7.58. The number of ether oxygens (including phenoxy) is 1. The first kappa shape index (κ1) is 19.8. The van der Waals surface area contributed by atoms with E-state index in [-0.39, 0.29) is 5.13 Å². The molecule has 0 atom stereocenters. The number of anilines is 2. The molecular weight excluding hydrogens is 380 g/mol. The summed E-state index contributed by atoms with van der Waals surface area (Å²) in [7, 11) is -2.41. The summed E-state index contributed by atoms with van der Waals surface area (Å²) in [5.41, 5.74) is 0.427. The summed E-state index contributed by atoms with van der Waals surface area (Å²) < 4.78 is 29.0. The van der Waals surface area contributed by atoms with Gasteiger partial charge in [0, 0.05) is 5.69 Å². The van der Waals surface area contributed by atoms with Gasteiger partial charge in [-0.05, 0) is 30.7 Å². The molecule has 11 heteroatoms. The Bertz CT molecular complexity index is 878. The van der Waals surface area contributed by atoms with E-state index in [1.807, 2.05) is 6.92 Å². The van der Waals surface area contributed by atoms with Crippen molar-refractivity contribution < 1.29 is 22.7 Å². The molecule has 0 saturated heterocycles. The molecule has 2 N–H and O–H groups in total. The molecule has 0 spiro atoms. The number of rotatable bonds is 8. The fourth-order valence-corrected chi connectivity index (χ4v) is 3.67. The van der Waals surface area contributed by atoms with Gasteiger partial charge >= 0.3 is 0 Å². The predicted molar refractivity (Wildman–Crippen MR) is 98.2 cm³/mol. The Hall–Kier alpha value is -2.53. The van der Waals surface area contributed by atoms with Gasteiger partial charge in [-0.2, -0.15) is 0 Å². The molecule has 0 unspecified atom stereocenters. The van der Waals surface area contributed by atoms with Crippen molar-refractivity contribution in [3.63, 3.8) is 0 Å². The van der Waals surface area contributed by atoms with Gasteiger partial charge in [-0.3, -0.25) is 14.9 Å². The van der Waals surface area contributed by atoms with Crippen LogP contribution in [0.3, 0.4) is 0 Å². The molecule has 0 saturated carbocycles. The minimum Gasteiger partial charge on any atom is -0.497 e. The largest absolute Gasteiger partial charge is 0.497 e. The quantitative estimate of drug-likeness (QED) is 0.681. The maximum atomic E-state index is 12.0. The number of methoxy groups -OCH3 is 1. The Morgan fingerprint density at radius 2 is 1.69 bits per heavy atom. The fourth-order valence-electron chi connectivity index (χ4n) is 1.92. The molecule has 0 aliphatic heterocycles. The van der Waals surface area contributed by atoms with Crippen molar-refractivity contribution in [1.82, 2.24) is 10.2 Å². The van der Waals surface area contributed by atoms with Crippen molar-refractivity contribution in [1.29, 1.82) is 0 Å². The monoisotopic (exact) mass is 398 g/mol. The Kier molecular flexibility index (Phi) is 6.64. The average Bonchev–Trinajstić information content (AvgIpc) is 3.01. The SMILES string of the molecule is CCc1nnc(NC(=O)CS(=O)(=O)CC(=O)Nc2ccc(OC)cc2)s1. The number of nitrogens with one attached hydrogen (secondary N) is 2. The van der Waals surface area contributed by atoms with Crippen molar-refractivity contribution >= 4 is 43.8 Å². The molecule has 0 fully saturated rings. The number of nitrogens with zero attached hydrogens (tertiary/aromatic N) is 2. The van der Waals surface area contributed by atoms with Gasteiger partial charge in [0.05, 0.1) is 7.11 Å². The molecule has 0 aliphatic rings. The maximum Gasteiger partial charge on any atom is 0.241 e. The fraction of sp³-hybridized carbons (Fsp3) is 0.333. The minimum atomic E-state index is -3.92. The summed E-state index contributed by atoms with van der Waals surface area (Å²) in [5.74, 6) is -2.50. The van der Waals surface area contributed by atoms with Gasteiger partial charge in [0.15, 0.2) is 9.84 Å². The van der Waals surface area contributed by atoms with Crippen LogP contribution in [0.2, 0.25) is 0 Å². The van der Waals surface area contributed by atoms with E-state index < -0.39 is 33.2 Å². The van der Waals surface area contributed by atoms with Crippen LogP contribution in [0, 0.1) is 0 Å². The smallest absolute Gasteiger partial charge is 0.241 e. The average molecular weight is 398 g/mol. The topological polar surface area (TPSA) is 127 Å². The number of hydrogen-bond acceptors (Lipinski definition) is 8. The number of carbonyl (C=O) groups excluding carboxylic acids is 2. The summed E-state index contributed by atoms with van der Waals surface area (Å²) in [5, 5.41) is 13.3. The number of carbonyl (C=O) groups is 2. The van der Waals surface area contributed by atoms with E-state index in [1.54, 1.807) is 24.3 Å². The van der Waals surface area contributed by atoms with Gasteiger partial charge in [-0.15, -0.1) is 10.2 Å². The molecule has 2 amide bonds. The zero-order chi connectivity index (χ0) is 19.2. The van der Waals surface area contributed by atoms with Crippen molar-refractivity contribution in [2.75, 3.05) is 29.2 Å². The summed E-state index contributed by atoms with van der Waals surface area (Å²) in [6.07, 6.45) is 0.664. The molecule has 2 rings (SSSR count). The molecular formula is C15H18N4O5S2. The minimum absolute atomic E-state index is 0.227. The van der Waals surface area contributed by atoms with Crippen molar-refractivity contribution in [3.05, 3.63) is 29.3 Å². The lowest BCUT2D eigenvalue weighted by Gasteiger charge is -2.07. The molecule has 0 aliphatic carbocycles. The molecule has 0 radical (unpaired) electrons. The highest BCUT2D eigenvalue weighted by Crippen LogP contribution is 2.16. The van der Waals surface area contributed by atoms with Crippen LogP contribution in [0.25, 0.3) is 0 Å². The molecule has 2 aromatic rings. The summed E-state index contributed by atoms with van der Waals surface area (Å²) in [6, 6.07) is 6.42. The van der Waals surface area contributed by atoms with Gasteiger partial charge in [0.25, 0.3) is 0 Å². The van der Waals surface area contributed by atoms with Crippen LogP contribution in [-0.4, -0.2) is 49.0 Å². The number of hydrogen-bond donors (Lipinski definition) is 2. The highest BCUT2D eigenvalue weighted by Gasteiger charge is 2.22. The van der Waals surface area contributed by atoms with Gasteiger partial charge < -0.3 is 10.1 Å². The second-order valence-corrected chi connectivity index (χ2v) is 8.34. The van der Waals surface area contributed by atoms with Crippen LogP contribution in [0.15, 0.2) is 24.3 Å². The van der Waals surface area contributed by atoms with E-state index in [4.69, 9.17) is 4.74 Å². The molecule has 1 heterocycles. The molecule has 0 bridgehead atoms. The van der Waals surface area contributed by atoms with E-state index in [0.29, 0.717) is 17.9 Å². The number of amides is 2. The van der Waals surface area contributed by atoms with Gasteiger partial charge in [0.1, 0.15) is 22.3 Å². The van der Waals surface area contributed by atoms with Crippen LogP contribution in [-0.2, 0) is 25.8 Å². The third kappa shape index (κ3) is 6.08. The van der Waals surface area contributed by atoms with E-state index in [2.05, 4.69) is 20.8 Å². The summed E-state index contributed by atoms with van der Waals surface area (Å²) in [6.45, 7) is 1.89. The summed E-state index contributed by atoms with van der Waals surface area (Å²) >= 11 is 1.17. The Morgan fingerprint density at radius 3 is 2.23 bits per heavy atom. The van der Waals surface area contributed by atoms with E-state index in [0.717, 1.165) is 5.01 Å². The second kappa shape index (κ2) is 8.72. The molecule has 1 aromatic heterocycles. The van der Waals surface area contributed by atoms with Crippen LogP contribution in [0.1, 0.15) is 11.9 Å². The highest BCUT2D eigenvalue weighted by atomic mass is 32.2. The normalized spacial score (nSPS) is 11.0. The zero-order valence-electron chi connectivity index (χ0n) is 14.2. The Balaban J connectivity index is 1.87. The first-order valence-corrected chi connectivity index (χ1v) is 10.2. The zero-order valence-corrected chi connectivity index (χ0v) is 15.8. The predicted octanol–water partition coefficient (Wildman–Crippen LogP) is 1.10. The number of aryl methyl sites for hydroxylation is 1. The number of benzene rings is 1. The van der Waals surface area contributed by atoms with E-state index in [1.165, 1.54) is 18.4 Å². The van der Waals surface area contributed by atoms with Crippen LogP contribution >= 0.6 is 11.3 Å².